The summed E-state index contributed by atoms with van der Waals surface area (Å²) in [7, 11) is -4.26. The van der Waals surface area contributed by atoms with Crippen molar-refractivity contribution in [1.29, 1.82) is 0 Å². The van der Waals surface area contributed by atoms with Gasteiger partial charge in [-0.05, 0) is 42.8 Å². The number of carbonyl (C=O) groups excluding carboxylic acids is 1. The van der Waals surface area contributed by atoms with Gasteiger partial charge in [0, 0.05) is 11.9 Å². The molecule has 1 aliphatic rings. The molecule has 2 aromatic rings. The first-order chi connectivity index (χ1) is 13.7. The fourth-order valence-corrected chi connectivity index (χ4v) is 4.21. The van der Waals surface area contributed by atoms with Gasteiger partial charge in [-0.1, -0.05) is 18.2 Å². The van der Waals surface area contributed by atoms with Crippen LogP contribution in [0.2, 0.25) is 0 Å². The van der Waals surface area contributed by atoms with Crippen LogP contribution in [-0.4, -0.2) is 39.1 Å². The lowest BCUT2D eigenvalue weighted by atomic mass is 10.1. The summed E-state index contributed by atoms with van der Waals surface area (Å²) in [6, 6.07) is 5.88. The molecule has 0 aliphatic carbocycles. The number of anilines is 1. The highest BCUT2D eigenvalue weighted by atomic mass is 32.2. The maximum Gasteiger partial charge on any atom is 0.326 e. The lowest BCUT2D eigenvalue weighted by Crippen LogP contribution is -2.30. The van der Waals surface area contributed by atoms with Crippen LogP contribution in [0.4, 0.5) is 10.1 Å². The minimum Gasteiger partial charge on any atom is -0.506 e. The Morgan fingerprint density at radius 3 is 2.76 bits per heavy atom. The highest BCUT2D eigenvalue weighted by molar-refractivity contribution is 7.92. The summed E-state index contributed by atoms with van der Waals surface area (Å²) >= 11 is 0. The van der Waals surface area contributed by atoms with Crippen LogP contribution in [0.3, 0.4) is 0 Å². The predicted molar refractivity (Wildman–Crippen MR) is 108 cm³/mol. The third kappa shape index (κ3) is 4.43. The Hall–Kier alpha value is -2.85. The molecule has 0 aromatic heterocycles. The fourth-order valence-electron chi connectivity index (χ4n) is 3.05. The molecule has 1 fully saturated rings. The van der Waals surface area contributed by atoms with Gasteiger partial charge in [0.1, 0.15) is 23.7 Å². The van der Waals surface area contributed by atoms with Gasteiger partial charge >= 0.3 is 10.2 Å². The number of carbonyl (C=O) groups is 1. The molecule has 10 heteroatoms. The van der Waals surface area contributed by atoms with Gasteiger partial charge in [-0.15, -0.1) is 0 Å². The van der Waals surface area contributed by atoms with Crippen molar-refractivity contribution in [3.05, 3.63) is 42.2 Å². The summed E-state index contributed by atoms with van der Waals surface area (Å²) in [5.74, 6) is -1.93. The number of phenolic OH excluding ortho intramolecular Hbond substituents is 1. The zero-order valence-electron chi connectivity index (χ0n) is 15.7. The van der Waals surface area contributed by atoms with E-state index in [2.05, 4.69) is 6.58 Å². The van der Waals surface area contributed by atoms with Crippen molar-refractivity contribution in [2.75, 3.05) is 24.0 Å². The van der Waals surface area contributed by atoms with Gasteiger partial charge in [-0.25, -0.2) is 13.4 Å². The Morgan fingerprint density at radius 1 is 1.34 bits per heavy atom. The molecule has 8 nitrogen and oxygen atoms in total. The van der Waals surface area contributed by atoms with E-state index in [1.165, 1.54) is 12.1 Å². The zero-order valence-corrected chi connectivity index (χ0v) is 16.5. The first kappa shape index (κ1) is 20.9. The number of unbranched alkanes of at least 4 members (excludes halogenated alkanes) is 1. The number of hydrogen-bond acceptors (Lipinski definition) is 6. The van der Waals surface area contributed by atoms with Crippen LogP contribution in [0.1, 0.15) is 19.3 Å². The van der Waals surface area contributed by atoms with Crippen molar-refractivity contribution >= 4 is 32.6 Å². The number of nitrogens with zero attached hydrogens (tertiary/aromatic N) is 1. The third-order valence-corrected chi connectivity index (χ3v) is 5.93. The molecule has 0 atom stereocenters. The lowest BCUT2D eigenvalue weighted by Gasteiger charge is -2.18. The number of benzene rings is 2. The van der Waals surface area contributed by atoms with Gasteiger partial charge in [0.15, 0.2) is 5.82 Å². The Bertz CT molecular complexity index is 1070. The molecule has 4 N–H and O–H groups in total. The Morgan fingerprint density at radius 2 is 2.10 bits per heavy atom. The van der Waals surface area contributed by atoms with E-state index < -0.39 is 39.9 Å². The quantitative estimate of drug-likeness (QED) is 0.441. The number of hydrogen-bond donors (Lipinski definition) is 3. The molecule has 0 radical (unpaired) electrons. The van der Waals surface area contributed by atoms with Crippen molar-refractivity contribution in [1.82, 2.24) is 4.72 Å². The van der Waals surface area contributed by atoms with Crippen LogP contribution in [-0.2, 0) is 15.0 Å². The second kappa shape index (κ2) is 8.26. The van der Waals surface area contributed by atoms with Crippen molar-refractivity contribution in [3.63, 3.8) is 0 Å². The molecular weight excluding hydrogens is 401 g/mol. The molecular formula is C19H22FN3O5S. The van der Waals surface area contributed by atoms with Gasteiger partial charge < -0.3 is 15.6 Å². The second-order valence-electron chi connectivity index (χ2n) is 6.74. The van der Waals surface area contributed by atoms with Gasteiger partial charge in [0.25, 0.3) is 5.91 Å². The molecule has 1 heterocycles. The highest BCUT2D eigenvalue weighted by Crippen LogP contribution is 2.39. The smallest absolute Gasteiger partial charge is 0.326 e. The molecule has 1 aliphatic heterocycles. The number of amides is 1. The Kier molecular flexibility index (Phi) is 5.94. The molecule has 0 unspecified atom stereocenters. The first-order valence-electron chi connectivity index (χ1n) is 9.01. The second-order valence-corrected chi connectivity index (χ2v) is 8.33. The van der Waals surface area contributed by atoms with Crippen LogP contribution in [0.25, 0.3) is 10.8 Å². The summed E-state index contributed by atoms with van der Waals surface area (Å²) in [4.78, 5) is 11.4. The summed E-state index contributed by atoms with van der Waals surface area (Å²) in [5.41, 5.74) is 5.88. The van der Waals surface area contributed by atoms with E-state index in [1.807, 2.05) is 0 Å². The topological polar surface area (TPSA) is 122 Å². The number of phenols is 1. The minimum absolute atomic E-state index is 0.0707. The number of nitrogens with two attached hydrogens (primary N) is 1. The fraction of sp³-hybridized carbons (Fsp3) is 0.316. The van der Waals surface area contributed by atoms with E-state index in [1.54, 1.807) is 16.9 Å². The molecule has 156 valence electrons. The van der Waals surface area contributed by atoms with Crippen LogP contribution >= 0.6 is 0 Å². The maximum atomic E-state index is 15.1. The lowest BCUT2D eigenvalue weighted by molar-refractivity contribution is -0.117. The van der Waals surface area contributed by atoms with E-state index in [0.29, 0.717) is 28.6 Å². The van der Waals surface area contributed by atoms with Crippen molar-refractivity contribution in [2.45, 2.75) is 19.3 Å². The molecule has 3 rings (SSSR count). The molecule has 1 amide bonds. The van der Waals surface area contributed by atoms with Crippen LogP contribution < -0.4 is 19.5 Å². The summed E-state index contributed by atoms with van der Waals surface area (Å²) in [5, 5.41) is 10.6. The van der Waals surface area contributed by atoms with Crippen LogP contribution in [0.15, 0.2) is 36.4 Å². The zero-order chi connectivity index (χ0) is 21.2. The number of fused-ring (bicyclic) bond motifs is 1. The number of halogens is 1. The number of rotatable bonds is 8. The van der Waals surface area contributed by atoms with Crippen molar-refractivity contribution in [3.8, 4) is 11.5 Å². The largest absolute Gasteiger partial charge is 0.506 e. The maximum absolute atomic E-state index is 15.1. The summed E-state index contributed by atoms with van der Waals surface area (Å²) < 4.78 is 47.1. The average Bonchev–Trinajstić information content (AvgIpc) is 2.93. The third-order valence-electron chi connectivity index (χ3n) is 4.56. The van der Waals surface area contributed by atoms with Crippen molar-refractivity contribution < 1.29 is 27.4 Å². The van der Waals surface area contributed by atoms with E-state index in [-0.39, 0.29) is 5.39 Å². The van der Waals surface area contributed by atoms with E-state index in [9.17, 15) is 18.3 Å². The van der Waals surface area contributed by atoms with Gasteiger partial charge in [-0.2, -0.15) is 8.42 Å². The first-order valence-corrected chi connectivity index (χ1v) is 10.4. The monoisotopic (exact) mass is 423 g/mol. The number of nitrogens with one attached hydrogen (secondary N) is 1. The summed E-state index contributed by atoms with van der Waals surface area (Å²) in [6.07, 6.45) is 2.44. The molecule has 29 heavy (non-hydrogen) atoms. The van der Waals surface area contributed by atoms with Crippen LogP contribution in [0.5, 0.6) is 11.5 Å². The number of ether oxygens (including phenoxy) is 1. The van der Waals surface area contributed by atoms with Gasteiger partial charge in [0.05, 0.1) is 6.61 Å². The SMILES string of the molecule is C=C(CN)CCCCOc1ccc2cc(O)c(N3CC(=O)NS3(=O)=O)c(F)c2c1. The highest BCUT2D eigenvalue weighted by Gasteiger charge is 2.37. The molecule has 2 aromatic carbocycles. The molecule has 0 bridgehead atoms. The van der Waals surface area contributed by atoms with Gasteiger partial charge in [0.2, 0.25) is 0 Å². The molecule has 1 saturated heterocycles. The molecule has 0 saturated carbocycles. The average molecular weight is 423 g/mol. The van der Waals surface area contributed by atoms with Crippen molar-refractivity contribution in [2.24, 2.45) is 5.73 Å². The van der Waals surface area contributed by atoms with E-state index in [4.69, 9.17) is 10.5 Å². The Labute approximate surface area is 167 Å². The Balaban J connectivity index is 1.83. The predicted octanol–water partition coefficient (Wildman–Crippen LogP) is 1.93. The summed E-state index contributed by atoms with van der Waals surface area (Å²) in [6.45, 7) is 4.09. The molecule has 0 spiro atoms. The number of aromatic hydroxyl groups is 1. The van der Waals surface area contributed by atoms with E-state index >= 15 is 4.39 Å². The van der Waals surface area contributed by atoms with Crippen LogP contribution in [0, 0.1) is 5.82 Å². The minimum atomic E-state index is -4.26. The standard InChI is InChI=1S/C19H22FN3O5S/c1-12(10-21)4-2-3-7-28-14-6-5-13-8-16(24)19(18(20)15(13)9-14)23-11-17(25)22-29(23,26)27/h5-6,8-9,24H,1-4,7,10-11,21H2,(H,22,25). The normalized spacial score (nSPS) is 15.5. The van der Waals surface area contributed by atoms with Gasteiger partial charge in [-0.3, -0.25) is 4.79 Å². The van der Waals surface area contributed by atoms with E-state index in [0.717, 1.165) is 24.8 Å².